The number of aliphatic hydroxyl groups excluding tert-OH is 1. The van der Waals surface area contributed by atoms with Crippen LogP contribution in [0.25, 0.3) is 16.0 Å². The number of nitrogens with zero attached hydrogens (tertiary/aromatic N) is 2. The minimum atomic E-state index is -0.990. The summed E-state index contributed by atoms with van der Waals surface area (Å²) in [6, 6.07) is 15.7. The van der Waals surface area contributed by atoms with Gasteiger partial charge in [0.1, 0.15) is 17.6 Å². The number of ketones is 1. The van der Waals surface area contributed by atoms with Crippen molar-refractivity contribution in [2.45, 2.75) is 25.5 Å². The van der Waals surface area contributed by atoms with Crippen molar-refractivity contribution in [3.8, 4) is 5.75 Å². The summed E-state index contributed by atoms with van der Waals surface area (Å²) < 4.78 is 11.3. The number of carbonyl (C=O) groups excluding carboxylic acids is 3. The molecule has 3 aromatic carbocycles. The summed E-state index contributed by atoms with van der Waals surface area (Å²) in [7, 11) is 1.28. The molecule has 196 valence electrons. The molecule has 0 radical (unpaired) electrons. The number of hydrogen-bond acceptors (Lipinski definition) is 8. The number of hydrogen-bond donors (Lipinski definition) is 1. The molecule has 2 atom stereocenters. The fraction of sp³-hybridized carbons (Fsp3) is 0.172. The van der Waals surface area contributed by atoms with Gasteiger partial charge in [-0.1, -0.05) is 35.1 Å². The molecule has 3 heterocycles. The average molecular weight is 561 g/mol. The molecular formula is C29H21ClN2O6S. The van der Waals surface area contributed by atoms with Gasteiger partial charge in [0, 0.05) is 17.0 Å². The summed E-state index contributed by atoms with van der Waals surface area (Å²) in [6.07, 6.45) is 0.668. The number of thiazole rings is 1. The SMILES string of the molecule is COC(=O)c1ccc([C@H]2C(=C(O)c3ccc4c(c3)C[C@H](C)O4)C(=O)C(=O)N2c2nc3ccc(Cl)cc3s2)cc1. The van der Waals surface area contributed by atoms with Crippen LogP contribution in [0.1, 0.15) is 40.0 Å². The summed E-state index contributed by atoms with van der Waals surface area (Å²) in [6.45, 7) is 1.95. The molecule has 0 bridgehead atoms. The summed E-state index contributed by atoms with van der Waals surface area (Å²) in [5.74, 6) is -1.75. The first-order valence-corrected chi connectivity index (χ1v) is 13.3. The molecule has 0 unspecified atom stereocenters. The normalized spacial score (nSPS) is 19.8. The Morgan fingerprint density at radius 1 is 1.10 bits per heavy atom. The Labute approximate surface area is 232 Å². The molecule has 2 aliphatic rings. The molecule has 6 rings (SSSR count). The Kier molecular flexibility index (Phi) is 6.12. The van der Waals surface area contributed by atoms with E-state index in [4.69, 9.17) is 21.1 Å². The Morgan fingerprint density at radius 3 is 2.59 bits per heavy atom. The molecule has 1 amide bonds. The van der Waals surface area contributed by atoms with E-state index in [0.717, 1.165) is 16.0 Å². The number of benzene rings is 3. The van der Waals surface area contributed by atoms with Crippen molar-refractivity contribution in [1.82, 2.24) is 4.98 Å². The molecule has 10 heteroatoms. The van der Waals surface area contributed by atoms with Gasteiger partial charge in [-0.3, -0.25) is 14.5 Å². The second-order valence-electron chi connectivity index (χ2n) is 9.35. The highest BCUT2D eigenvalue weighted by Gasteiger charge is 2.48. The Bertz CT molecular complexity index is 1710. The molecule has 4 aromatic rings. The fourth-order valence-corrected chi connectivity index (χ4v) is 6.25. The maximum Gasteiger partial charge on any atom is 0.337 e. The molecule has 2 aliphatic heterocycles. The van der Waals surface area contributed by atoms with Crippen molar-refractivity contribution in [1.29, 1.82) is 0 Å². The third kappa shape index (κ3) is 4.24. The predicted octanol–water partition coefficient (Wildman–Crippen LogP) is 5.69. The highest BCUT2D eigenvalue weighted by atomic mass is 35.5. The van der Waals surface area contributed by atoms with Crippen molar-refractivity contribution < 1.29 is 29.0 Å². The van der Waals surface area contributed by atoms with E-state index in [2.05, 4.69) is 4.98 Å². The Balaban J connectivity index is 1.52. The number of esters is 1. The van der Waals surface area contributed by atoms with E-state index in [0.29, 0.717) is 33.7 Å². The predicted molar refractivity (Wildman–Crippen MR) is 147 cm³/mol. The van der Waals surface area contributed by atoms with Crippen LogP contribution in [0.4, 0.5) is 5.13 Å². The number of halogens is 1. The van der Waals surface area contributed by atoms with Gasteiger partial charge in [-0.25, -0.2) is 9.78 Å². The maximum absolute atomic E-state index is 13.5. The molecule has 0 saturated carbocycles. The second kappa shape index (κ2) is 9.52. The molecule has 1 aromatic heterocycles. The van der Waals surface area contributed by atoms with Gasteiger partial charge in [0.15, 0.2) is 5.13 Å². The van der Waals surface area contributed by atoms with E-state index in [1.54, 1.807) is 60.7 Å². The molecular weight excluding hydrogens is 540 g/mol. The number of Topliss-reactive ketones (excluding diaryl/α,β-unsaturated/α-hetero) is 1. The zero-order valence-corrected chi connectivity index (χ0v) is 22.4. The average Bonchev–Trinajstić information content (AvgIpc) is 3.59. The van der Waals surface area contributed by atoms with Crippen molar-refractivity contribution in [3.63, 3.8) is 0 Å². The van der Waals surface area contributed by atoms with E-state index >= 15 is 0 Å². The lowest BCUT2D eigenvalue weighted by atomic mass is 9.94. The minimum Gasteiger partial charge on any atom is -0.507 e. The minimum absolute atomic E-state index is 0.00356. The number of rotatable bonds is 4. The van der Waals surface area contributed by atoms with E-state index < -0.39 is 23.7 Å². The summed E-state index contributed by atoms with van der Waals surface area (Å²) >= 11 is 7.37. The topological polar surface area (TPSA) is 106 Å². The quantitative estimate of drug-likeness (QED) is 0.148. The number of fused-ring (bicyclic) bond motifs is 2. The number of aromatic nitrogens is 1. The van der Waals surface area contributed by atoms with Gasteiger partial charge in [-0.05, 0) is 66.6 Å². The van der Waals surface area contributed by atoms with Crippen LogP contribution >= 0.6 is 22.9 Å². The molecule has 0 spiro atoms. The number of anilines is 1. The molecule has 8 nitrogen and oxygen atoms in total. The molecule has 1 N–H and O–H groups in total. The lowest BCUT2D eigenvalue weighted by molar-refractivity contribution is -0.132. The highest BCUT2D eigenvalue weighted by molar-refractivity contribution is 7.22. The first-order valence-electron chi connectivity index (χ1n) is 12.1. The summed E-state index contributed by atoms with van der Waals surface area (Å²) in [4.78, 5) is 44.9. The zero-order valence-electron chi connectivity index (χ0n) is 20.8. The van der Waals surface area contributed by atoms with Crippen LogP contribution in [0.3, 0.4) is 0 Å². The number of carbonyl (C=O) groups is 3. The van der Waals surface area contributed by atoms with Gasteiger partial charge in [0.2, 0.25) is 0 Å². The molecule has 0 aliphatic carbocycles. The molecule has 39 heavy (non-hydrogen) atoms. The summed E-state index contributed by atoms with van der Waals surface area (Å²) in [5.41, 5.74) is 2.67. The van der Waals surface area contributed by atoms with E-state index in [1.807, 2.05) is 6.92 Å². The van der Waals surface area contributed by atoms with Crippen LogP contribution in [-0.2, 0) is 20.7 Å². The number of methoxy groups -OCH3 is 1. The second-order valence-corrected chi connectivity index (χ2v) is 10.8. The van der Waals surface area contributed by atoms with Crippen LogP contribution in [0.5, 0.6) is 5.75 Å². The van der Waals surface area contributed by atoms with Crippen LogP contribution in [0.15, 0.2) is 66.2 Å². The lowest BCUT2D eigenvalue weighted by Gasteiger charge is -2.23. The van der Waals surface area contributed by atoms with E-state index in [-0.39, 0.29) is 22.6 Å². The Hall–Kier alpha value is -4.21. The van der Waals surface area contributed by atoms with Crippen molar-refractivity contribution >= 4 is 61.7 Å². The third-order valence-corrected chi connectivity index (χ3v) is 8.06. The van der Waals surface area contributed by atoms with Gasteiger partial charge in [0.25, 0.3) is 5.78 Å². The van der Waals surface area contributed by atoms with Crippen molar-refractivity contribution in [2.75, 3.05) is 12.0 Å². The van der Waals surface area contributed by atoms with Crippen molar-refractivity contribution in [2.24, 2.45) is 0 Å². The largest absolute Gasteiger partial charge is 0.507 e. The smallest absolute Gasteiger partial charge is 0.337 e. The standard InChI is InChI=1S/C29H21ClN2O6S/c1-14-11-18-12-17(7-10-21(18)38-14)25(33)23-24(15-3-5-16(6-4-15)28(36)37-2)32(27(35)26(23)34)29-31-20-9-8-19(30)13-22(20)39-29/h3-10,12-14,24,33H,11H2,1-2H3/t14-,24-/m0/s1. The number of amides is 1. The number of ether oxygens (including phenoxy) is 2. The third-order valence-electron chi connectivity index (χ3n) is 6.81. The molecule has 1 fully saturated rings. The van der Waals surface area contributed by atoms with Gasteiger partial charge in [0.05, 0.1) is 34.5 Å². The van der Waals surface area contributed by atoms with E-state index in [1.165, 1.54) is 23.3 Å². The van der Waals surface area contributed by atoms with Gasteiger partial charge >= 0.3 is 11.9 Å². The first kappa shape index (κ1) is 25.1. The monoisotopic (exact) mass is 560 g/mol. The van der Waals surface area contributed by atoms with Crippen LogP contribution in [0, 0.1) is 0 Å². The fourth-order valence-electron chi connectivity index (χ4n) is 4.98. The summed E-state index contributed by atoms with van der Waals surface area (Å²) in [5, 5.41) is 12.3. The van der Waals surface area contributed by atoms with Gasteiger partial charge < -0.3 is 14.6 Å². The van der Waals surface area contributed by atoms with E-state index in [9.17, 15) is 19.5 Å². The maximum atomic E-state index is 13.5. The van der Waals surface area contributed by atoms with Crippen LogP contribution in [-0.4, -0.2) is 41.0 Å². The van der Waals surface area contributed by atoms with Gasteiger partial charge in [-0.15, -0.1) is 0 Å². The Morgan fingerprint density at radius 2 is 1.85 bits per heavy atom. The highest BCUT2D eigenvalue weighted by Crippen LogP contribution is 2.45. The van der Waals surface area contributed by atoms with Crippen LogP contribution in [0.2, 0.25) is 5.02 Å². The van der Waals surface area contributed by atoms with Gasteiger partial charge in [-0.2, -0.15) is 0 Å². The number of aliphatic hydroxyl groups is 1. The van der Waals surface area contributed by atoms with Crippen molar-refractivity contribution in [3.05, 3.63) is 93.5 Å². The zero-order chi connectivity index (χ0) is 27.4. The first-order chi connectivity index (χ1) is 18.7. The van der Waals surface area contributed by atoms with Crippen LogP contribution < -0.4 is 9.64 Å². The lowest BCUT2D eigenvalue weighted by Crippen LogP contribution is -2.29. The molecule has 1 saturated heterocycles.